The van der Waals surface area contributed by atoms with Crippen LogP contribution in [0.15, 0.2) is 12.1 Å². The Labute approximate surface area is 97.8 Å². The molecule has 0 radical (unpaired) electrons. The number of hydrogen-bond acceptors (Lipinski definition) is 6. The average molecular weight is 233 g/mol. The lowest BCUT2D eigenvalue weighted by atomic mass is 10.2. The van der Waals surface area contributed by atoms with Crippen molar-refractivity contribution in [2.75, 3.05) is 25.4 Å². The number of carbonyl (C=O) groups is 1. The first-order valence-corrected chi connectivity index (χ1v) is 5.10. The largest absolute Gasteiger partial charge is 0.382 e. The van der Waals surface area contributed by atoms with Gasteiger partial charge in [-0.1, -0.05) is 0 Å². The molecule has 2 heterocycles. The summed E-state index contributed by atoms with van der Waals surface area (Å²) in [4.78, 5) is 13.5. The Morgan fingerprint density at radius 2 is 2.41 bits per heavy atom. The maximum atomic E-state index is 12.0. The van der Waals surface area contributed by atoms with Gasteiger partial charge in [0.25, 0.3) is 5.91 Å². The number of nitriles is 1. The van der Waals surface area contributed by atoms with Gasteiger partial charge in [-0.2, -0.15) is 5.26 Å². The number of amides is 1. The highest BCUT2D eigenvalue weighted by molar-refractivity contribution is 5.92. The fourth-order valence-electron chi connectivity index (χ4n) is 1.53. The lowest BCUT2D eigenvalue weighted by Crippen LogP contribution is -2.45. The molecule has 7 nitrogen and oxygen atoms in total. The van der Waals surface area contributed by atoms with E-state index in [1.54, 1.807) is 0 Å². The van der Waals surface area contributed by atoms with E-state index in [9.17, 15) is 4.79 Å². The second-order valence-electron chi connectivity index (χ2n) is 3.58. The first-order valence-electron chi connectivity index (χ1n) is 5.10. The van der Waals surface area contributed by atoms with Crippen LogP contribution in [0.5, 0.6) is 0 Å². The van der Waals surface area contributed by atoms with Crippen LogP contribution in [0.25, 0.3) is 0 Å². The van der Waals surface area contributed by atoms with E-state index < -0.39 is 6.10 Å². The fourth-order valence-corrected chi connectivity index (χ4v) is 1.53. The van der Waals surface area contributed by atoms with Gasteiger partial charge in [0.2, 0.25) is 0 Å². The van der Waals surface area contributed by atoms with Crippen LogP contribution >= 0.6 is 0 Å². The predicted octanol–water partition coefficient (Wildman–Crippen LogP) is -0.577. The van der Waals surface area contributed by atoms with Crippen molar-refractivity contribution in [2.24, 2.45) is 0 Å². The zero-order chi connectivity index (χ0) is 12.3. The molecule has 1 amide bonds. The predicted molar refractivity (Wildman–Crippen MR) is 57.7 cm³/mol. The molecule has 1 aliphatic rings. The molecular weight excluding hydrogens is 222 g/mol. The van der Waals surface area contributed by atoms with Crippen LogP contribution in [0.3, 0.4) is 0 Å². The molecule has 0 aliphatic carbocycles. The Morgan fingerprint density at radius 3 is 3.06 bits per heavy atom. The van der Waals surface area contributed by atoms with Crippen LogP contribution in [-0.2, 0) is 4.74 Å². The highest BCUT2D eigenvalue weighted by atomic mass is 16.5. The lowest BCUT2D eigenvalue weighted by Gasteiger charge is -2.29. The molecule has 7 heteroatoms. The van der Waals surface area contributed by atoms with Crippen LogP contribution in [0.2, 0.25) is 0 Å². The van der Waals surface area contributed by atoms with Gasteiger partial charge in [0, 0.05) is 6.54 Å². The summed E-state index contributed by atoms with van der Waals surface area (Å²) in [6.07, 6.45) is -0.575. The standard InChI is InChI=1S/C10H11N5O2/c11-5-7-6-15(3-4-17-7)10(16)8-1-2-9(12)14-13-8/h1-2,7H,3-4,6H2,(H2,12,14). The molecule has 1 saturated heterocycles. The number of hydrogen-bond donors (Lipinski definition) is 1. The molecule has 88 valence electrons. The maximum Gasteiger partial charge on any atom is 0.274 e. The summed E-state index contributed by atoms with van der Waals surface area (Å²) in [7, 11) is 0. The molecule has 1 aromatic rings. The number of nitrogen functional groups attached to an aromatic ring is 1. The first kappa shape index (κ1) is 11.3. The normalized spacial score (nSPS) is 19.7. The molecule has 2 N–H and O–H groups in total. The maximum absolute atomic E-state index is 12.0. The third-order valence-electron chi connectivity index (χ3n) is 2.40. The van der Waals surface area contributed by atoms with Gasteiger partial charge < -0.3 is 15.4 Å². The summed E-state index contributed by atoms with van der Waals surface area (Å²) in [5.41, 5.74) is 5.61. The molecule has 0 bridgehead atoms. The average Bonchev–Trinajstić information content (AvgIpc) is 2.39. The Kier molecular flexibility index (Phi) is 3.16. The van der Waals surface area contributed by atoms with Gasteiger partial charge in [-0.05, 0) is 12.1 Å². The van der Waals surface area contributed by atoms with Gasteiger partial charge >= 0.3 is 0 Å². The van der Waals surface area contributed by atoms with Crippen molar-refractivity contribution in [3.63, 3.8) is 0 Å². The van der Waals surface area contributed by atoms with E-state index in [1.165, 1.54) is 17.0 Å². The summed E-state index contributed by atoms with van der Waals surface area (Å²) in [6.45, 7) is 1.05. The van der Waals surface area contributed by atoms with Gasteiger partial charge in [-0.25, -0.2) is 0 Å². The molecule has 0 saturated carbocycles. The highest BCUT2D eigenvalue weighted by Gasteiger charge is 2.25. The molecule has 1 fully saturated rings. The number of nitrogens with zero attached hydrogens (tertiary/aromatic N) is 4. The number of carbonyl (C=O) groups excluding carboxylic acids is 1. The lowest BCUT2D eigenvalue weighted by molar-refractivity contribution is 0.00315. The number of nitrogens with two attached hydrogens (primary N) is 1. The topological polar surface area (TPSA) is 105 Å². The van der Waals surface area contributed by atoms with Crippen LogP contribution in [0, 0.1) is 11.3 Å². The third-order valence-corrected chi connectivity index (χ3v) is 2.40. The minimum Gasteiger partial charge on any atom is -0.382 e. The van der Waals surface area contributed by atoms with Gasteiger partial charge in [0.15, 0.2) is 11.8 Å². The van der Waals surface area contributed by atoms with Crippen molar-refractivity contribution >= 4 is 11.7 Å². The van der Waals surface area contributed by atoms with Gasteiger partial charge in [-0.3, -0.25) is 4.79 Å². The molecule has 2 rings (SSSR count). The van der Waals surface area contributed by atoms with Crippen molar-refractivity contribution in [3.8, 4) is 6.07 Å². The zero-order valence-electron chi connectivity index (χ0n) is 9.04. The van der Waals surface area contributed by atoms with Gasteiger partial charge in [0.05, 0.1) is 19.2 Å². The van der Waals surface area contributed by atoms with Crippen LogP contribution in [0.4, 0.5) is 5.82 Å². The first-order chi connectivity index (χ1) is 8.20. The smallest absolute Gasteiger partial charge is 0.274 e. The van der Waals surface area contributed by atoms with Crippen molar-refractivity contribution in [1.82, 2.24) is 15.1 Å². The summed E-state index contributed by atoms with van der Waals surface area (Å²) < 4.78 is 5.15. The molecule has 1 aliphatic heterocycles. The van der Waals surface area contributed by atoms with Crippen LogP contribution in [-0.4, -0.2) is 46.8 Å². The summed E-state index contributed by atoms with van der Waals surface area (Å²) in [6, 6.07) is 5.01. The summed E-state index contributed by atoms with van der Waals surface area (Å²) in [5, 5.41) is 16.1. The highest BCUT2D eigenvalue weighted by Crippen LogP contribution is 2.09. The van der Waals surface area contributed by atoms with E-state index in [2.05, 4.69) is 10.2 Å². The van der Waals surface area contributed by atoms with E-state index in [0.29, 0.717) is 13.2 Å². The molecule has 17 heavy (non-hydrogen) atoms. The van der Waals surface area contributed by atoms with Crippen molar-refractivity contribution < 1.29 is 9.53 Å². The summed E-state index contributed by atoms with van der Waals surface area (Å²) in [5.74, 6) is -0.000483. The molecule has 1 atom stereocenters. The fraction of sp³-hybridized carbons (Fsp3) is 0.400. The number of rotatable bonds is 1. The Hall–Kier alpha value is -2.20. The molecule has 1 unspecified atom stereocenters. The van der Waals surface area contributed by atoms with E-state index >= 15 is 0 Å². The number of anilines is 1. The van der Waals surface area contributed by atoms with Crippen molar-refractivity contribution in [3.05, 3.63) is 17.8 Å². The molecule has 0 spiro atoms. The Morgan fingerprint density at radius 1 is 1.59 bits per heavy atom. The van der Waals surface area contributed by atoms with E-state index in [1.807, 2.05) is 6.07 Å². The quantitative estimate of drug-likeness (QED) is 0.696. The number of morpholine rings is 1. The second kappa shape index (κ2) is 4.76. The monoisotopic (exact) mass is 233 g/mol. The number of ether oxygens (including phenoxy) is 1. The van der Waals surface area contributed by atoms with Crippen LogP contribution in [0.1, 0.15) is 10.5 Å². The molecule has 1 aromatic heterocycles. The third kappa shape index (κ3) is 2.49. The van der Waals surface area contributed by atoms with Crippen LogP contribution < -0.4 is 5.73 Å². The Bertz CT molecular complexity index is 453. The van der Waals surface area contributed by atoms with Gasteiger partial charge in [0.1, 0.15) is 5.82 Å². The van der Waals surface area contributed by atoms with Crippen molar-refractivity contribution in [1.29, 1.82) is 5.26 Å². The van der Waals surface area contributed by atoms with E-state index in [4.69, 9.17) is 15.7 Å². The SMILES string of the molecule is N#CC1CN(C(=O)c2ccc(N)nn2)CCO1. The summed E-state index contributed by atoms with van der Waals surface area (Å²) >= 11 is 0. The Balaban J connectivity index is 2.09. The van der Waals surface area contributed by atoms with E-state index in [-0.39, 0.29) is 24.0 Å². The number of aromatic nitrogens is 2. The zero-order valence-corrected chi connectivity index (χ0v) is 9.04. The van der Waals surface area contributed by atoms with Crippen molar-refractivity contribution in [2.45, 2.75) is 6.10 Å². The van der Waals surface area contributed by atoms with E-state index in [0.717, 1.165) is 0 Å². The minimum absolute atomic E-state index is 0.220. The minimum atomic E-state index is -0.575. The molecule has 0 aromatic carbocycles. The van der Waals surface area contributed by atoms with Gasteiger partial charge in [-0.15, -0.1) is 10.2 Å². The second-order valence-corrected chi connectivity index (χ2v) is 3.58. The molecular formula is C10H11N5O2.